The molecule has 6 heteroatoms. The van der Waals surface area contributed by atoms with Crippen LogP contribution in [0.15, 0.2) is 24.4 Å². The Morgan fingerprint density at radius 3 is 2.29 bits per heavy atom. The zero-order valence-electron chi connectivity index (χ0n) is 9.35. The third-order valence-corrected chi connectivity index (χ3v) is 2.64. The van der Waals surface area contributed by atoms with E-state index in [0.717, 1.165) is 18.2 Å². The summed E-state index contributed by atoms with van der Waals surface area (Å²) >= 11 is 0. The molecule has 1 aromatic carbocycles. The monoisotopic (exact) mass is 239 g/mol. The maximum Gasteiger partial charge on any atom is 0.130 e. The topological polar surface area (TPSA) is 50.9 Å². The average molecular weight is 239 g/mol. The molecule has 0 fully saturated rings. The second-order valence-electron chi connectivity index (χ2n) is 3.97. The van der Waals surface area contributed by atoms with Gasteiger partial charge in [-0.15, -0.1) is 5.10 Å². The standard InChI is InChI=1S/C11H11F2N3O/c1-11(17,10-6-14-15-16(10)2)7-3-8(12)5-9(13)4-7/h3-6,17H,1-2H3. The van der Waals surface area contributed by atoms with Crippen molar-refractivity contribution in [1.29, 1.82) is 0 Å². The number of benzene rings is 1. The molecule has 0 amide bonds. The van der Waals surface area contributed by atoms with Gasteiger partial charge < -0.3 is 5.11 Å². The summed E-state index contributed by atoms with van der Waals surface area (Å²) in [7, 11) is 1.59. The number of halogens is 2. The molecule has 0 bridgehead atoms. The highest BCUT2D eigenvalue weighted by Crippen LogP contribution is 2.28. The lowest BCUT2D eigenvalue weighted by atomic mass is 9.92. The summed E-state index contributed by atoms with van der Waals surface area (Å²) in [4.78, 5) is 0. The first-order chi connectivity index (χ1) is 7.91. The van der Waals surface area contributed by atoms with Crippen LogP contribution >= 0.6 is 0 Å². The van der Waals surface area contributed by atoms with E-state index in [1.807, 2.05) is 0 Å². The van der Waals surface area contributed by atoms with Crippen molar-refractivity contribution in [3.63, 3.8) is 0 Å². The minimum atomic E-state index is -1.55. The molecule has 0 radical (unpaired) electrons. The van der Waals surface area contributed by atoms with Crippen molar-refractivity contribution in [3.8, 4) is 0 Å². The number of aromatic nitrogens is 3. The van der Waals surface area contributed by atoms with Crippen molar-refractivity contribution < 1.29 is 13.9 Å². The van der Waals surface area contributed by atoms with E-state index in [1.165, 1.54) is 17.8 Å². The maximum absolute atomic E-state index is 13.1. The largest absolute Gasteiger partial charge is 0.379 e. The fourth-order valence-electron chi connectivity index (χ4n) is 1.71. The van der Waals surface area contributed by atoms with Crippen LogP contribution in [-0.2, 0) is 12.6 Å². The van der Waals surface area contributed by atoms with Gasteiger partial charge in [-0.2, -0.15) is 0 Å². The first-order valence-electron chi connectivity index (χ1n) is 4.95. The van der Waals surface area contributed by atoms with Crippen LogP contribution in [0.25, 0.3) is 0 Å². The van der Waals surface area contributed by atoms with Gasteiger partial charge in [0, 0.05) is 13.1 Å². The van der Waals surface area contributed by atoms with Gasteiger partial charge in [0.1, 0.15) is 17.2 Å². The Morgan fingerprint density at radius 2 is 1.82 bits per heavy atom. The number of hydrogen-bond donors (Lipinski definition) is 1. The Bertz CT molecular complexity index is 531. The molecule has 1 heterocycles. The third kappa shape index (κ3) is 2.03. The fraction of sp³-hybridized carbons (Fsp3) is 0.273. The predicted molar refractivity (Wildman–Crippen MR) is 56.0 cm³/mol. The van der Waals surface area contributed by atoms with Gasteiger partial charge in [0.2, 0.25) is 0 Å². The van der Waals surface area contributed by atoms with Gasteiger partial charge in [0.25, 0.3) is 0 Å². The molecule has 1 N–H and O–H groups in total. The lowest BCUT2D eigenvalue weighted by molar-refractivity contribution is 0.0921. The molecule has 2 rings (SSSR count). The molecule has 2 aromatic rings. The van der Waals surface area contributed by atoms with E-state index in [0.29, 0.717) is 5.69 Å². The molecule has 1 unspecified atom stereocenters. The smallest absolute Gasteiger partial charge is 0.130 e. The zero-order valence-corrected chi connectivity index (χ0v) is 9.35. The van der Waals surface area contributed by atoms with E-state index in [-0.39, 0.29) is 5.56 Å². The Morgan fingerprint density at radius 1 is 1.24 bits per heavy atom. The van der Waals surface area contributed by atoms with E-state index < -0.39 is 17.2 Å². The van der Waals surface area contributed by atoms with E-state index in [9.17, 15) is 13.9 Å². The molecular weight excluding hydrogens is 228 g/mol. The van der Waals surface area contributed by atoms with Gasteiger partial charge in [-0.3, -0.25) is 0 Å². The summed E-state index contributed by atoms with van der Waals surface area (Å²) in [6, 6.07) is 2.91. The van der Waals surface area contributed by atoms with Crippen LogP contribution in [0.5, 0.6) is 0 Å². The number of hydrogen-bond acceptors (Lipinski definition) is 3. The van der Waals surface area contributed by atoms with Gasteiger partial charge in [-0.1, -0.05) is 5.21 Å². The molecule has 1 aromatic heterocycles. The number of rotatable bonds is 2. The van der Waals surface area contributed by atoms with Crippen LogP contribution < -0.4 is 0 Å². The van der Waals surface area contributed by atoms with E-state index in [2.05, 4.69) is 10.3 Å². The summed E-state index contributed by atoms with van der Waals surface area (Å²) in [6.45, 7) is 1.43. The van der Waals surface area contributed by atoms with E-state index >= 15 is 0 Å². The Balaban J connectivity index is 2.55. The van der Waals surface area contributed by atoms with Crippen molar-refractivity contribution in [2.45, 2.75) is 12.5 Å². The Hall–Kier alpha value is -1.82. The van der Waals surface area contributed by atoms with Gasteiger partial charge >= 0.3 is 0 Å². The lowest BCUT2D eigenvalue weighted by Crippen LogP contribution is -2.26. The van der Waals surface area contributed by atoms with Gasteiger partial charge in [-0.25, -0.2) is 13.5 Å². The molecule has 0 spiro atoms. The molecule has 0 saturated carbocycles. The predicted octanol–water partition coefficient (Wildman–Crippen LogP) is 1.35. The Labute approximate surface area is 96.5 Å². The number of aryl methyl sites for hydroxylation is 1. The van der Waals surface area contributed by atoms with Crippen molar-refractivity contribution in [1.82, 2.24) is 15.0 Å². The maximum atomic E-state index is 13.1. The SMILES string of the molecule is Cn1nncc1C(C)(O)c1cc(F)cc(F)c1. The zero-order chi connectivity index (χ0) is 12.6. The molecule has 0 saturated heterocycles. The van der Waals surface area contributed by atoms with Crippen LogP contribution in [0.2, 0.25) is 0 Å². The lowest BCUT2D eigenvalue weighted by Gasteiger charge is -2.23. The molecular formula is C11H11F2N3O. The minimum absolute atomic E-state index is 0.111. The fourth-order valence-corrected chi connectivity index (χ4v) is 1.71. The summed E-state index contributed by atoms with van der Waals surface area (Å²) in [5.74, 6) is -1.48. The highest BCUT2D eigenvalue weighted by Gasteiger charge is 2.30. The van der Waals surface area contributed by atoms with Gasteiger partial charge in [0.15, 0.2) is 0 Å². The number of nitrogens with zero attached hydrogens (tertiary/aromatic N) is 3. The number of aliphatic hydroxyl groups is 1. The molecule has 0 aliphatic carbocycles. The van der Waals surface area contributed by atoms with Crippen molar-refractivity contribution in [2.24, 2.45) is 7.05 Å². The molecule has 90 valence electrons. The summed E-state index contributed by atoms with van der Waals surface area (Å²) in [5, 5.41) is 17.6. The van der Waals surface area contributed by atoms with Crippen LogP contribution in [0.4, 0.5) is 8.78 Å². The highest BCUT2D eigenvalue weighted by atomic mass is 19.1. The molecule has 1 atom stereocenters. The molecule has 0 aliphatic rings. The van der Waals surface area contributed by atoms with Crippen molar-refractivity contribution in [2.75, 3.05) is 0 Å². The van der Waals surface area contributed by atoms with Gasteiger partial charge in [0.05, 0.1) is 11.9 Å². The first kappa shape index (κ1) is 11.7. The molecule has 17 heavy (non-hydrogen) atoms. The first-order valence-corrected chi connectivity index (χ1v) is 4.95. The molecule has 4 nitrogen and oxygen atoms in total. The third-order valence-electron chi connectivity index (χ3n) is 2.64. The summed E-state index contributed by atoms with van der Waals surface area (Å²) in [6.07, 6.45) is 1.35. The van der Waals surface area contributed by atoms with Crippen LogP contribution in [0.1, 0.15) is 18.2 Å². The summed E-state index contributed by atoms with van der Waals surface area (Å²) < 4.78 is 27.6. The highest BCUT2D eigenvalue weighted by molar-refractivity contribution is 5.31. The average Bonchev–Trinajstić information content (AvgIpc) is 2.63. The van der Waals surface area contributed by atoms with Crippen LogP contribution in [-0.4, -0.2) is 20.1 Å². The quantitative estimate of drug-likeness (QED) is 0.860. The second-order valence-corrected chi connectivity index (χ2v) is 3.97. The Kier molecular flexibility index (Phi) is 2.66. The minimum Gasteiger partial charge on any atom is -0.379 e. The van der Waals surface area contributed by atoms with Crippen molar-refractivity contribution >= 4 is 0 Å². The molecule has 0 aliphatic heterocycles. The van der Waals surface area contributed by atoms with Crippen LogP contribution in [0, 0.1) is 11.6 Å². The van der Waals surface area contributed by atoms with Crippen molar-refractivity contribution in [3.05, 3.63) is 47.3 Å². The van der Waals surface area contributed by atoms with E-state index in [4.69, 9.17) is 0 Å². The second kappa shape index (κ2) is 3.89. The van der Waals surface area contributed by atoms with Gasteiger partial charge in [-0.05, 0) is 24.6 Å². The normalized spacial score (nSPS) is 14.6. The van der Waals surface area contributed by atoms with E-state index in [1.54, 1.807) is 7.05 Å². The summed E-state index contributed by atoms with van der Waals surface area (Å²) in [5.41, 5.74) is -1.09. The van der Waals surface area contributed by atoms with Crippen LogP contribution in [0.3, 0.4) is 0 Å².